The lowest BCUT2D eigenvalue weighted by Gasteiger charge is -2.33. The zero-order valence-corrected chi connectivity index (χ0v) is 23.3. The summed E-state index contributed by atoms with van der Waals surface area (Å²) in [5.74, 6) is -0.800. The molecule has 3 nitrogen and oxygen atoms in total. The Morgan fingerprint density at radius 2 is 0.625 bits per heavy atom. The van der Waals surface area contributed by atoms with Crippen molar-refractivity contribution in [2.45, 2.75) is 170 Å². The average molecular weight is 459 g/mol. The van der Waals surface area contributed by atoms with E-state index in [4.69, 9.17) is 14.2 Å². The van der Waals surface area contributed by atoms with Crippen LogP contribution in [0.3, 0.4) is 0 Å². The lowest BCUT2D eigenvalue weighted by Crippen LogP contribution is -2.40. The third kappa shape index (κ3) is 24.5. The van der Waals surface area contributed by atoms with Gasteiger partial charge in [-0.15, -0.1) is 0 Å². The molecular weight excluding hydrogens is 396 g/mol. The molecule has 0 atom stereocenters. The first kappa shape index (κ1) is 34.0. The number of hydrogen-bond donors (Lipinski definition) is 0. The number of rotatable bonds is 24. The van der Waals surface area contributed by atoms with Crippen LogP contribution in [0.15, 0.2) is 0 Å². The van der Waals surface area contributed by atoms with Crippen LogP contribution in [0.25, 0.3) is 0 Å². The Bertz CT molecular complexity index is 290. The van der Waals surface area contributed by atoms with Crippen molar-refractivity contribution >= 4 is 0 Å². The van der Waals surface area contributed by atoms with E-state index in [0.717, 1.165) is 32.1 Å². The van der Waals surface area contributed by atoms with Gasteiger partial charge in [-0.25, -0.2) is 0 Å². The van der Waals surface area contributed by atoms with E-state index in [1.807, 2.05) is 0 Å². The van der Waals surface area contributed by atoms with Gasteiger partial charge in [-0.05, 0) is 25.7 Å². The van der Waals surface area contributed by atoms with Gasteiger partial charge in [0.15, 0.2) is 0 Å². The van der Waals surface area contributed by atoms with Gasteiger partial charge in [0.1, 0.15) is 0 Å². The monoisotopic (exact) mass is 458 g/mol. The van der Waals surface area contributed by atoms with Crippen molar-refractivity contribution in [3.05, 3.63) is 0 Å². The third-order valence-electron chi connectivity index (χ3n) is 5.62. The first-order chi connectivity index (χ1) is 15.7. The second-order valence-corrected chi connectivity index (χ2v) is 9.22. The highest BCUT2D eigenvalue weighted by atomic mass is 16.9. The molecule has 0 amide bonds. The summed E-state index contributed by atoms with van der Waals surface area (Å²) in [6.45, 7) is 15.3. The van der Waals surface area contributed by atoms with E-state index in [2.05, 4.69) is 41.5 Å². The molecule has 3 heteroatoms. The Labute approximate surface area is 203 Å². The molecular formula is C29H62O3. The minimum atomic E-state index is -0.800. The minimum Gasteiger partial charge on any atom is -0.327 e. The van der Waals surface area contributed by atoms with Crippen molar-refractivity contribution in [1.29, 1.82) is 0 Å². The van der Waals surface area contributed by atoms with Crippen molar-refractivity contribution in [2.75, 3.05) is 19.8 Å². The zero-order chi connectivity index (χ0) is 24.2. The quantitative estimate of drug-likeness (QED) is 0.106. The van der Waals surface area contributed by atoms with Crippen LogP contribution in [-0.2, 0) is 14.2 Å². The van der Waals surface area contributed by atoms with E-state index >= 15 is 0 Å². The Morgan fingerprint density at radius 1 is 0.344 bits per heavy atom. The second kappa shape index (κ2) is 28.9. The van der Waals surface area contributed by atoms with Gasteiger partial charge in [0.05, 0.1) is 19.8 Å². The summed E-state index contributed by atoms with van der Waals surface area (Å²) in [4.78, 5) is 0. The first-order valence-corrected chi connectivity index (χ1v) is 14.6. The van der Waals surface area contributed by atoms with Gasteiger partial charge in [0, 0.05) is 6.42 Å². The molecule has 0 aromatic carbocycles. The number of ether oxygens (including phenoxy) is 3. The first-order valence-electron chi connectivity index (χ1n) is 14.6. The van der Waals surface area contributed by atoms with Gasteiger partial charge in [0.2, 0.25) is 0 Å². The van der Waals surface area contributed by atoms with Gasteiger partial charge in [-0.1, -0.05) is 131 Å². The van der Waals surface area contributed by atoms with Gasteiger partial charge in [-0.2, -0.15) is 0 Å². The highest BCUT2D eigenvalue weighted by Crippen LogP contribution is 2.25. The molecule has 32 heavy (non-hydrogen) atoms. The second-order valence-electron chi connectivity index (χ2n) is 9.22. The van der Waals surface area contributed by atoms with Crippen LogP contribution >= 0.6 is 0 Å². The Morgan fingerprint density at radius 3 is 0.906 bits per heavy atom. The van der Waals surface area contributed by atoms with Crippen molar-refractivity contribution in [3.63, 3.8) is 0 Å². The Kier molecular flexibility index (Phi) is 30.8. The van der Waals surface area contributed by atoms with Crippen LogP contribution in [0.1, 0.15) is 164 Å². The predicted molar refractivity (Wildman–Crippen MR) is 142 cm³/mol. The van der Waals surface area contributed by atoms with Crippen LogP contribution in [0, 0.1) is 0 Å². The van der Waals surface area contributed by atoms with Gasteiger partial charge in [-0.3, -0.25) is 0 Å². The number of unbranched alkanes of at least 4 members (excludes halogenated alkanes) is 13. The zero-order valence-electron chi connectivity index (χ0n) is 23.3. The maximum Gasteiger partial charge on any atom is 0.282 e. The van der Waals surface area contributed by atoms with Crippen LogP contribution in [0.5, 0.6) is 0 Å². The van der Waals surface area contributed by atoms with Crippen LogP contribution in [0.2, 0.25) is 0 Å². The summed E-state index contributed by atoms with van der Waals surface area (Å²) in [5, 5.41) is 0. The van der Waals surface area contributed by atoms with Crippen molar-refractivity contribution in [1.82, 2.24) is 0 Å². The Hall–Kier alpha value is -0.120. The van der Waals surface area contributed by atoms with E-state index in [9.17, 15) is 0 Å². The minimum absolute atomic E-state index is 0.698. The van der Waals surface area contributed by atoms with Gasteiger partial charge >= 0.3 is 0 Å². The molecule has 0 aromatic heterocycles. The highest BCUT2D eigenvalue weighted by Gasteiger charge is 2.32. The molecule has 0 fully saturated rings. The van der Waals surface area contributed by atoms with Crippen LogP contribution in [-0.4, -0.2) is 25.8 Å². The summed E-state index contributed by atoms with van der Waals surface area (Å²) in [6.07, 6.45) is 24.3. The molecule has 0 unspecified atom stereocenters. The normalized spacial score (nSPS) is 11.4. The summed E-state index contributed by atoms with van der Waals surface area (Å²) < 4.78 is 18.0. The predicted octanol–water partition coefficient (Wildman–Crippen LogP) is 10.2. The third-order valence-corrected chi connectivity index (χ3v) is 5.62. The van der Waals surface area contributed by atoms with Gasteiger partial charge < -0.3 is 14.2 Å². The molecule has 0 spiro atoms. The summed E-state index contributed by atoms with van der Waals surface area (Å²) >= 11 is 0. The molecule has 0 rings (SSSR count). The molecule has 0 bridgehead atoms. The van der Waals surface area contributed by atoms with E-state index in [0.29, 0.717) is 19.8 Å². The lowest BCUT2D eigenvalue weighted by atomic mass is 10.1. The largest absolute Gasteiger partial charge is 0.327 e. The summed E-state index contributed by atoms with van der Waals surface area (Å²) in [6, 6.07) is 0. The summed E-state index contributed by atoms with van der Waals surface area (Å²) in [7, 11) is 0. The average Bonchev–Trinajstić information content (AvgIpc) is 2.82. The fourth-order valence-electron chi connectivity index (χ4n) is 3.62. The van der Waals surface area contributed by atoms with Crippen molar-refractivity contribution in [3.8, 4) is 0 Å². The topological polar surface area (TPSA) is 27.7 Å². The van der Waals surface area contributed by atoms with Crippen LogP contribution < -0.4 is 0 Å². The molecule has 0 aromatic rings. The van der Waals surface area contributed by atoms with Crippen LogP contribution in [0.4, 0.5) is 0 Å². The molecule has 0 aliphatic carbocycles. The van der Waals surface area contributed by atoms with E-state index in [1.54, 1.807) is 0 Å². The molecule has 0 N–H and O–H groups in total. The Balaban J connectivity index is 0. The molecule has 0 saturated heterocycles. The van der Waals surface area contributed by atoms with Gasteiger partial charge in [0.25, 0.3) is 5.97 Å². The summed E-state index contributed by atoms with van der Waals surface area (Å²) in [5.41, 5.74) is 0. The fourth-order valence-corrected chi connectivity index (χ4v) is 3.62. The van der Waals surface area contributed by atoms with Crippen molar-refractivity contribution < 1.29 is 14.2 Å². The SMILES string of the molecule is CCCCCCCCCC.CCCCCCCCCC(OCCC)(OCCC)OCCC. The standard InChI is InChI=1S/C19H40O3.C10H22/c1-5-9-10-11-12-13-14-15-19(20-16-6-2,21-17-7-3)22-18-8-4;1-3-5-7-9-10-8-6-4-2/h5-18H2,1-4H3;3-10H2,1-2H3. The highest BCUT2D eigenvalue weighted by molar-refractivity contribution is 4.60. The van der Waals surface area contributed by atoms with E-state index in [1.165, 1.54) is 89.9 Å². The molecule has 0 aliphatic heterocycles. The van der Waals surface area contributed by atoms with E-state index in [-0.39, 0.29) is 0 Å². The molecule has 0 heterocycles. The molecule has 0 saturated carbocycles. The van der Waals surface area contributed by atoms with E-state index < -0.39 is 5.97 Å². The molecule has 0 radical (unpaired) electrons. The lowest BCUT2D eigenvalue weighted by molar-refractivity contribution is -0.383. The number of hydrogen-bond acceptors (Lipinski definition) is 3. The smallest absolute Gasteiger partial charge is 0.282 e. The fraction of sp³-hybridized carbons (Fsp3) is 1.00. The molecule has 196 valence electrons. The molecule has 0 aliphatic rings. The maximum atomic E-state index is 5.98. The van der Waals surface area contributed by atoms with Crippen molar-refractivity contribution in [2.24, 2.45) is 0 Å². The maximum absolute atomic E-state index is 5.98.